The van der Waals surface area contributed by atoms with Gasteiger partial charge in [-0.25, -0.2) is 9.97 Å². The van der Waals surface area contributed by atoms with Gasteiger partial charge in [0.05, 0.1) is 6.54 Å². The molecular weight excluding hydrogens is 280 g/mol. The molecular formula is C16H24N4O2. The first-order valence-electron chi connectivity index (χ1n) is 8.13. The Labute approximate surface area is 131 Å². The molecule has 0 saturated heterocycles. The van der Waals surface area contributed by atoms with Crippen LogP contribution in [0.15, 0.2) is 6.07 Å². The van der Waals surface area contributed by atoms with Crippen molar-refractivity contribution < 1.29 is 9.90 Å². The zero-order valence-corrected chi connectivity index (χ0v) is 13.2. The molecule has 0 radical (unpaired) electrons. The van der Waals surface area contributed by atoms with E-state index < -0.39 is 5.97 Å². The molecule has 1 aromatic heterocycles. The highest BCUT2D eigenvalue weighted by molar-refractivity contribution is 5.69. The van der Waals surface area contributed by atoms with Crippen molar-refractivity contribution in [2.24, 2.45) is 0 Å². The molecule has 0 spiro atoms. The number of likely N-dealkylation sites (N-methyl/N-ethyl adjacent to an activating group) is 1. The molecule has 0 atom stereocenters. The van der Waals surface area contributed by atoms with Gasteiger partial charge in [-0.15, -0.1) is 0 Å². The highest BCUT2D eigenvalue weighted by Gasteiger charge is 2.34. The third kappa shape index (κ3) is 3.55. The molecule has 0 aromatic carbocycles. The Morgan fingerprint density at radius 2 is 2.14 bits per heavy atom. The highest BCUT2D eigenvalue weighted by Crippen LogP contribution is 2.38. The molecule has 0 unspecified atom stereocenters. The van der Waals surface area contributed by atoms with Gasteiger partial charge in [-0.05, 0) is 39.2 Å². The number of nitrogens with zero attached hydrogens (tertiary/aromatic N) is 3. The van der Waals surface area contributed by atoms with Crippen LogP contribution in [0.5, 0.6) is 0 Å². The van der Waals surface area contributed by atoms with Gasteiger partial charge in [0, 0.05) is 29.8 Å². The Balaban J connectivity index is 1.54. The predicted octanol–water partition coefficient (Wildman–Crippen LogP) is 2.01. The molecule has 22 heavy (non-hydrogen) atoms. The van der Waals surface area contributed by atoms with Crippen molar-refractivity contribution in [2.75, 3.05) is 18.4 Å². The zero-order valence-electron chi connectivity index (χ0n) is 13.2. The van der Waals surface area contributed by atoms with Gasteiger partial charge in [0.2, 0.25) is 0 Å². The molecule has 0 bridgehead atoms. The molecule has 6 nitrogen and oxygen atoms in total. The minimum Gasteiger partial charge on any atom is -0.480 e. The lowest BCUT2D eigenvalue weighted by Crippen LogP contribution is -2.51. The van der Waals surface area contributed by atoms with E-state index in [4.69, 9.17) is 5.11 Å². The van der Waals surface area contributed by atoms with Crippen molar-refractivity contribution in [1.82, 2.24) is 14.9 Å². The first-order chi connectivity index (χ1) is 10.5. The van der Waals surface area contributed by atoms with Gasteiger partial charge in [-0.2, -0.15) is 0 Å². The van der Waals surface area contributed by atoms with E-state index >= 15 is 0 Å². The van der Waals surface area contributed by atoms with Gasteiger partial charge >= 0.3 is 5.97 Å². The van der Waals surface area contributed by atoms with E-state index in [-0.39, 0.29) is 6.54 Å². The number of aromatic nitrogens is 2. The number of anilines is 1. The van der Waals surface area contributed by atoms with Crippen molar-refractivity contribution in [3.63, 3.8) is 0 Å². The van der Waals surface area contributed by atoms with Crippen LogP contribution in [0.2, 0.25) is 0 Å². The topological polar surface area (TPSA) is 78.4 Å². The van der Waals surface area contributed by atoms with Crippen molar-refractivity contribution in [3.05, 3.63) is 17.6 Å². The van der Waals surface area contributed by atoms with Crippen molar-refractivity contribution in [1.29, 1.82) is 0 Å². The summed E-state index contributed by atoms with van der Waals surface area (Å²) >= 11 is 0. The molecule has 2 fully saturated rings. The lowest BCUT2D eigenvalue weighted by Gasteiger charge is -2.42. The summed E-state index contributed by atoms with van der Waals surface area (Å²) in [5, 5.41) is 12.4. The molecule has 2 aliphatic rings. The maximum atomic E-state index is 10.9. The molecule has 2 aliphatic carbocycles. The second kappa shape index (κ2) is 6.20. The Morgan fingerprint density at radius 3 is 2.73 bits per heavy atom. The first-order valence-corrected chi connectivity index (χ1v) is 8.13. The number of rotatable bonds is 7. The molecule has 2 saturated carbocycles. The van der Waals surface area contributed by atoms with E-state index in [1.54, 1.807) is 0 Å². The lowest BCUT2D eigenvalue weighted by molar-refractivity contribution is -0.139. The Bertz CT molecular complexity index is 553. The number of hydrogen-bond donors (Lipinski definition) is 2. The molecule has 2 N–H and O–H groups in total. The fourth-order valence-electron chi connectivity index (χ4n) is 3.08. The number of aliphatic carboxylic acids is 1. The van der Waals surface area contributed by atoms with Crippen LogP contribution in [0.25, 0.3) is 0 Å². The Morgan fingerprint density at radius 1 is 1.41 bits per heavy atom. The summed E-state index contributed by atoms with van der Waals surface area (Å²) in [4.78, 5) is 22.0. The summed E-state index contributed by atoms with van der Waals surface area (Å²) in [5.41, 5.74) is 1.01. The third-order valence-electron chi connectivity index (χ3n) is 4.54. The molecule has 1 aromatic rings. The quantitative estimate of drug-likeness (QED) is 0.802. The maximum Gasteiger partial charge on any atom is 0.317 e. The average molecular weight is 304 g/mol. The van der Waals surface area contributed by atoms with Crippen LogP contribution in [0.1, 0.15) is 50.0 Å². The smallest absolute Gasteiger partial charge is 0.317 e. The summed E-state index contributed by atoms with van der Waals surface area (Å²) in [5.74, 6) is 1.69. The SMILES string of the molecule is CCN(CC(=O)O)C1CC(Nc2cc(C)nc(C3CC3)n2)C1. The summed E-state index contributed by atoms with van der Waals surface area (Å²) in [7, 11) is 0. The van der Waals surface area contributed by atoms with Crippen LogP contribution in [0, 0.1) is 6.92 Å². The third-order valence-corrected chi connectivity index (χ3v) is 4.54. The number of aryl methyl sites for hydroxylation is 1. The van der Waals surface area contributed by atoms with Gasteiger partial charge in [0.15, 0.2) is 0 Å². The molecule has 0 aliphatic heterocycles. The Hall–Kier alpha value is -1.69. The second-order valence-electron chi connectivity index (χ2n) is 6.45. The monoisotopic (exact) mass is 304 g/mol. The van der Waals surface area contributed by atoms with Crippen LogP contribution in [-0.2, 0) is 4.79 Å². The molecule has 6 heteroatoms. The summed E-state index contributed by atoms with van der Waals surface area (Å²) < 4.78 is 0. The van der Waals surface area contributed by atoms with Crippen LogP contribution < -0.4 is 5.32 Å². The normalized spacial score (nSPS) is 24.1. The van der Waals surface area contributed by atoms with Gasteiger partial charge < -0.3 is 10.4 Å². The van der Waals surface area contributed by atoms with Crippen molar-refractivity contribution >= 4 is 11.8 Å². The Kier molecular flexibility index (Phi) is 4.29. The van der Waals surface area contributed by atoms with Crippen LogP contribution >= 0.6 is 0 Å². The molecule has 3 rings (SSSR count). The highest BCUT2D eigenvalue weighted by atomic mass is 16.4. The number of carbonyl (C=O) groups is 1. The van der Waals surface area contributed by atoms with Crippen molar-refractivity contribution in [3.8, 4) is 0 Å². The van der Waals surface area contributed by atoms with E-state index in [0.29, 0.717) is 18.0 Å². The first kappa shape index (κ1) is 15.2. The zero-order chi connectivity index (χ0) is 15.7. The van der Waals surface area contributed by atoms with Gasteiger partial charge in [-0.1, -0.05) is 6.92 Å². The van der Waals surface area contributed by atoms with E-state index in [0.717, 1.165) is 36.7 Å². The lowest BCUT2D eigenvalue weighted by atomic mass is 9.85. The predicted molar refractivity (Wildman–Crippen MR) is 84.1 cm³/mol. The van der Waals surface area contributed by atoms with E-state index in [1.165, 1.54) is 12.8 Å². The fourth-order valence-corrected chi connectivity index (χ4v) is 3.08. The van der Waals surface area contributed by atoms with Gasteiger partial charge in [-0.3, -0.25) is 9.69 Å². The van der Waals surface area contributed by atoms with Gasteiger partial charge in [0.25, 0.3) is 0 Å². The number of carboxylic acids is 1. The number of carboxylic acid groups (broad SMARTS) is 1. The molecule has 1 heterocycles. The number of hydrogen-bond acceptors (Lipinski definition) is 5. The van der Waals surface area contributed by atoms with E-state index in [9.17, 15) is 4.79 Å². The van der Waals surface area contributed by atoms with Crippen LogP contribution in [-0.4, -0.2) is 51.1 Å². The average Bonchev–Trinajstić information content (AvgIpc) is 3.23. The summed E-state index contributed by atoms with van der Waals surface area (Å²) in [6.07, 6.45) is 4.36. The minimum absolute atomic E-state index is 0.131. The summed E-state index contributed by atoms with van der Waals surface area (Å²) in [6, 6.07) is 2.74. The molecule has 120 valence electrons. The molecule has 0 amide bonds. The number of nitrogens with one attached hydrogen (secondary N) is 1. The van der Waals surface area contributed by atoms with Gasteiger partial charge in [0.1, 0.15) is 11.6 Å². The minimum atomic E-state index is -0.751. The van der Waals surface area contributed by atoms with Crippen LogP contribution in [0.3, 0.4) is 0 Å². The summed E-state index contributed by atoms with van der Waals surface area (Å²) in [6.45, 7) is 4.93. The standard InChI is InChI=1S/C16H24N4O2/c1-3-20(9-15(21)22)13-7-12(8-13)18-14-6-10(2)17-16(19-14)11-4-5-11/h6,11-13H,3-5,7-9H2,1-2H3,(H,21,22)(H,17,18,19). The maximum absolute atomic E-state index is 10.9. The van der Waals surface area contributed by atoms with Crippen molar-refractivity contribution in [2.45, 2.75) is 57.5 Å². The van der Waals surface area contributed by atoms with E-state index in [1.807, 2.05) is 24.8 Å². The second-order valence-corrected chi connectivity index (χ2v) is 6.45. The van der Waals surface area contributed by atoms with E-state index in [2.05, 4.69) is 15.3 Å². The van der Waals surface area contributed by atoms with Crippen LogP contribution in [0.4, 0.5) is 5.82 Å². The largest absolute Gasteiger partial charge is 0.480 e. The fraction of sp³-hybridized carbons (Fsp3) is 0.688.